The van der Waals surface area contributed by atoms with Crippen LogP contribution in [0.5, 0.6) is 0 Å². The number of benzene rings is 5. The lowest BCUT2D eigenvalue weighted by Crippen LogP contribution is -1.94. The van der Waals surface area contributed by atoms with Gasteiger partial charge in [-0.1, -0.05) is 84.9 Å². The summed E-state index contributed by atoms with van der Waals surface area (Å²) in [5.41, 5.74) is 8.27. The van der Waals surface area contributed by atoms with E-state index in [1.54, 1.807) is 12.3 Å². The van der Waals surface area contributed by atoms with E-state index in [9.17, 15) is 5.26 Å². The Morgan fingerprint density at radius 1 is 0.595 bits per heavy atom. The van der Waals surface area contributed by atoms with Gasteiger partial charge in [-0.2, -0.15) is 5.26 Å². The van der Waals surface area contributed by atoms with Gasteiger partial charge < -0.3 is 4.57 Å². The van der Waals surface area contributed by atoms with E-state index in [1.807, 2.05) is 6.07 Å². The van der Waals surface area contributed by atoms with Gasteiger partial charge in [0.2, 0.25) is 0 Å². The second-order valence-electron chi connectivity index (χ2n) is 9.17. The molecule has 0 unspecified atom stereocenters. The molecule has 0 radical (unpaired) electrons. The van der Waals surface area contributed by atoms with Crippen LogP contribution in [-0.2, 0) is 0 Å². The second kappa shape index (κ2) is 8.48. The molecule has 2 aromatic heterocycles. The molecule has 0 bridgehead atoms. The van der Waals surface area contributed by atoms with Gasteiger partial charge in [0.25, 0.3) is 0 Å². The summed E-state index contributed by atoms with van der Waals surface area (Å²) in [5.74, 6) is 0. The molecule has 0 aliphatic carbocycles. The minimum atomic E-state index is 0.610. The number of pyridine rings is 1. The highest BCUT2D eigenvalue weighted by Gasteiger charge is 2.17. The molecular weight excluding hydrogens is 450 g/mol. The van der Waals surface area contributed by atoms with Crippen molar-refractivity contribution < 1.29 is 0 Å². The van der Waals surface area contributed by atoms with E-state index in [0.717, 1.165) is 22.5 Å². The Bertz CT molecular complexity index is 1970. The highest BCUT2D eigenvalue weighted by Crippen LogP contribution is 2.41. The molecule has 0 saturated heterocycles. The van der Waals surface area contributed by atoms with E-state index < -0.39 is 0 Å². The molecule has 0 aliphatic heterocycles. The summed E-state index contributed by atoms with van der Waals surface area (Å²) in [4.78, 5) is 4.47. The van der Waals surface area contributed by atoms with E-state index in [0.29, 0.717) is 5.56 Å². The van der Waals surface area contributed by atoms with Gasteiger partial charge in [0.15, 0.2) is 0 Å². The summed E-state index contributed by atoms with van der Waals surface area (Å²) < 4.78 is 2.37. The van der Waals surface area contributed by atoms with Crippen molar-refractivity contribution in [1.29, 1.82) is 5.26 Å². The van der Waals surface area contributed by atoms with Gasteiger partial charge in [-0.15, -0.1) is 0 Å². The number of hydrogen-bond donors (Lipinski definition) is 0. The van der Waals surface area contributed by atoms with Crippen LogP contribution in [0.2, 0.25) is 0 Å². The van der Waals surface area contributed by atoms with Gasteiger partial charge in [-0.3, -0.25) is 4.98 Å². The fourth-order valence-corrected chi connectivity index (χ4v) is 5.40. The van der Waals surface area contributed by atoms with Crippen LogP contribution in [0, 0.1) is 11.3 Å². The molecule has 0 spiro atoms. The minimum absolute atomic E-state index is 0.610. The summed E-state index contributed by atoms with van der Waals surface area (Å²) in [6.45, 7) is 0. The van der Waals surface area contributed by atoms with Crippen molar-refractivity contribution in [1.82, 2.24) is 9.55 Å². The molecule has 0 aliphatic rings. The van der Waals surface area contributed by atoms with Crippen LogP contribution in [0.15, 0.2) is 128 Å². The van der Waals surface area contributed by atoms with Crippen LogP contribution >= 0.6 is 0 Å². The molecule has 3 nitrogen and oxygen atoms in total. The van der Waals surface area contributed by atoms with Crippen LogP contribution in [0.1, 0.15) is 5.56 Å². The zero-order valence-electron chi connectivity index (χ0n) is 20.0. The fourth-order valence-electron chi connectivity index (χ4n) is 5.40. The topological polar surface area (TPSA) is 41.6 Å². The van der Waals surface area contributed by atoms with E-state index in [4.69, 9.17) is 0 Å². The normalized spacial score (nSPS) is 11.2. The third-order valence-corrected chi connectivity index (χ3v) is 7.07. The monoisotopic (exact) mass is 471 g/mol. The highest BCUT2D eigenvalue weighted by atomic mass is 15.0. The number of nitriles is 1. The summed E-state index contributed by atoms with van der Waals surface area (Å²) in [6.07, 6.45) is 1.69. The SMILES string of the molecule is N#Cc1ccnc(-c2ccc(-c3cc4c(c5ccccc35)c3ccccc3n4-c3ccccc3)cc2)c1. The first-order valence-electron chi connectivity index (χ1n) is 12.3. The summed E-state index contributed by atoms with van der Waals surface area (Å²) >= 11 is 0. The third-order valence-electron chi connectivity index (χ3n) is 7.07. The number of aromatic nitrogens is 2. The molecule has 7 rings (SSSR count). The Hall–Kier alpha value is -5.20. The van der Waals surface area contributed by atoms with Crippen LogP contribution < -0.4 is 0 Å². The van der Waals surface area contributed by atoms with Crippen molar-refractivity contribution in [3.63, 3.8) is 0 Å². The number of nitrogens with zero attached hydrogens (tertiary/aromatic N) is 3. The Balaban J connectivity index is 1.50. The fraction of sp³-hybridized carbons (Fsp3) is 0. The molecule has 3 heteroatoms. The van der Waals surface area contributed by atoms with Gasteiger partial charge in [-0.25, -0.2) is 0 Å². The van der Waals surface area contributed by atoms with Gasteiger partial charge in [-0.05, 0) is 58.3 Å². The number of para-hydroxylation sites is 2. The van der Waals surface area contributed by atoms with Crippen LogP contribution in [0.3, 0.4) is 0 Å². The van der Waals surface area contributed by atoms with Gasteiger partial charge in [0.1, 0.15) is 0 Å². The maximum Gasteiger partial charge on any atom is 0.0992 e. The van der Waals surface area contributed by atoms with Crippen LogP contribution in [0.4, 0.5) is 0 Å². The molecule has 5 aromatic carbocycles. The molecule has 172 valence electrons. The summed E-state index contributed by atoms with van der Waals surface area (Å²) in [7, 11) is 0. The smallest absolute Gasteiger partial charge is 0.0992 e. The Kier molecular flexibility index (Phi) is 4.84. The van der Waals surface area contributed by atoms with Crippen molar-refractivity contribution >= 4 is 32.6 Å². The third kappa shape index (κ3) is 3.39. The molecule has 2 heterocycles. The number of fused-ring (bicyclic) bond motifs is 5. The molecule has 0 fully saturated rings. The standard InChI is InChI=1S/C34H21N3/c35-22-23-18-19-36-31(20-23)25-16-14-24(15-17-25)30-21-33-34(28-11-5-4-10-27(28)30)29-12-6-7-13-32(29)37(33)26-8-2-1-3-9-26/h1-21H. The van der Waals surface area contributed by atoms with Crippen molar-refractivity contribution in [2.75, 3.05) is 0 Å². The molecule has 0 atom stereocenters. The van der Waals surface area contributed by atoms with Crippen molar-refractivity contribution in [2.45, 2.75) is 0 Å². The first kappa shape index (κ1) is 21.1. The second-order valence-corrected chi connectivity index (χ2v) is 9.17. The molecule has 0 saturated carbocycles. The first-order chi connectivity index (χ1) is 18.3. The zero-order chi connectivity index (χ0) is 24.8. The molecular formula is C34H21N3. The van der Waals surface area contributed by atoms with Gasteiger partial charge in [0, 0.05) is 28.2 Å². The molecule has 7 aromatic rings. The summed E-state index contributed by atoms with van der Waals surface area (Å²) in [5, 5.41) is 14.3. The largest absolute Gasteiger partial charge is 0.309 e. The lowest BCUT2D eigenvalue weighted by Gasteiger charge is -2.12. The predicted molar refractivity (Wildman–Crippen MR) is 152 cm³/mol. The zero-order valence-corrected chi connectivity index (χ0v) is 20.0. The first-order valence-corrected chi connectivity index (χ1v) is 12.3. The molecule has 0 N–H and O–H groups in total. The van der Waals surface area contributed by atoms with Crippen LogP contribution in [-0.4, -0.2) is 9.55 Å². The quantitative estimate of drug-likeness (QED) is 0.259. The average Bonchev–Trinajstić information content (AvgIpc) is 3.32. The van der Waals surface area contributed by atoms with Gasteiger partial charge >= 0.3 is 0 Å². The van der Waals surface area contributed by atoms with Crippen LogP contribution in [0.25, 0.3) is 60.6 Å². The van der Waals surface area contributed by atoms with Crippen molar-refractivity contribution in [3.05, 3.63) is 133 Å². The minimum Gasteiger partial charge on any atom is -0.309 e. The summed E-state index contributed by atoms with van der Waals surface area (Å²) in [6, 6.07) is 44.5. The van der Waals surface area contributed by atoms with Crippen molar-refractivity contribution in [3.8, 4) is 34.1 Å². The molecule has 0 amide bonds. The Morgan fingerprint density at radius 3 is 2.05 bits per heavy atom. The maximum absolute atomic E-state index is 9.27. The number of rotatable bonds is 3. The predicted octanol–water partition coefficient (Wildman–Crippen LogP) is 8.54. The van der Waals surface area contributed by atoms with E-state index in [2.05, 4.69) is 125 Å². The average molecular weight is 472 g/mol. The van der Waals surface area contributed by atoms with E-state index >= 15 is 0 Å². The Labute approximate surface area is 214 Å². The highest BCUT2D eigenvalue weighted by molar-refractivity contribution is 6.24. The van der Waals surface area contributed by atoms with Gasteiger partial charge in [0.05, 0.1) is 28.4 Å². The maximum atomic E-state index is 9.27. The van der Waals surface area contributed by atoms with E-state index in [1.165, 1.54) is 38.1 Å². The Morgan fingerprint density at radius 2 is 1.27 bits per heavy atom. The van der Waals surface area contributed by atoms with E-state index in [-0.39, 0.29) is 0 Å². The molecule has 37 heavy (non-hydrogen) atoms. The lowest BCUT2D eigenvalue weighted by atomic mass is 9.94. The number of hydrogen-bond acceptors (Lipinski definition) is 2. The lowest BCUT2D eigenvalue weighted by molar-refractivity contribution is 1.18. The van der Waals surface area contributed by atoms with Crippen molar-refractivity contribution in [2.24, 2.45) is 0 Å².